The molecule has 2 aromatic rings. The third-order valence-electron chi connectivity index (χ3n) is 5.15. The van der Waals surface area contributed by atoms with Gasteiger partial charge < -0.3 is 44.9 Å². The van der Waals surface area contributed by atoms with Gasteiger partial charge >= 0.3 is 12.1 Å². The van der Waals surface area contributed by atoms with Crippen LogP contribution < -0.4 is 5.32 Å². The summed E-state index contributed by atoms with van der Waals surface area (Å²) in [6.45, 7) is 4.53. The largest absolute Gasteiger partial charge is 0.461 e. The molecule has 1 amide bonds. The summed E-state index contributed by atoms with van der Waals surface area (Å²) in [4.78, 5) is 28.3. The highest BCUT2D eigenvalue weighted by atomic mass is 16.7. The van der Waals surface area contributed by atoms with E-state index >= 15 is 0 Å². The van der Waals surface area contributed by atoms with Gasteiger partial charge in [-0.15, -0.1) is 0 Å². The Bertz CT molecular complexity index is 970. The molecule has 0 radical (unpaired) electrons. The fourth-order valence-electron chi connectivity index (χ4n) is 3.50. The van der Waals surface area contributed by atoms with Gasteiger partial charge in [0.1, 0.15) is 42.7 Å². The number of H-pyrrole nitrogens is 1. The number of para-hydroxylation sites is 1. The zero-order chi connectivity index (χ0) is 24.3. The van der Waals surface area contributed by atoms with Crippen molar-refractivity contribution in [3.63, 3.8) is 0 Å². The van der Waals surface area contributed by atoms with Gasteiger partial charge in [0.05, 0.1) is 0 Å². The Morgan fingerprint density at radius 3 is 2.52 bits per heavy atom. The van der Waals surface area contributed by atoms with Crippen molar-refractivity contribution in [2.45, 2.75) is 69.5 Å². The van der Waals surface area contributed by atoms with E-state index in [1.54, 1.807) is 27.0 Å². The number of hydrogen-bond donors (Lipinski definition) is 6. The summed E-state index contributed by atoms with van der Waals surface area (Å²) in [5.74, 6) is -0.836. The summed E-state index contributed by atoms with van der Waals surface area (Å²) in [6, 6.07) is 6.32. The van der Waals surface area contributed by atoms with Gasteiger partial charge in [0.25, 0.3) is 0 Å². The van der Waals surface area contributed by atoms with Crippen molar-refractivity contribution in [2.24, 2.45) is 0 Å². The van der Waals surface area contributed by atoms with E-state index in [2.05, 4.69) is 10.3 Å². The summed E-state index contributed by atoms with van der Waals surface area (Å²) >= 11 is 0. The third kappa shape index (κ3) is 6.21. The van der Waals surface area contributed by atoms with E-state index in [0.717, 1.165) is 16.5 Å². The molecule has 1 aromatic heterocycles. The Morgan fingerprint density at radius 2 is 1.82 bits per heavy atom. The van der Waals surface area contributed by atoms with Crippen molar-refractivity contribution < 1.29 is 44.2 Å². The molecule has 11 nitrogen and oxygen atoms in total. The number of nitrogens with one attached hydrogen (secondary N) is 2. The first-order valence-corrected chi connectivity index (χ1v) is 10.5. The van der Waals surface area contributed by atoms with Crippen LogP contribution in [0.3, 0.4) is 0 Å². The van der Waals surface area contributed by atoms with Crippen LogP contribution in [0.5, 0.6) is 0 Å². The molecule has 0 aliphatic carbocycles. The molecule has 182 valence electrons. The SMILES string of the molecule is CC(C)(C)OC(=O)N[C@H](Cc1c[nH]c2ccccc12)C(=O)OC[C@H]1O[C@@H](O)[C@@H](O)[C@H](O)[C@@H]1O. The summed E-state index contributed by atoms with van der Waals surface area (Å²) in [5, 5.41) is 42.4. The van der Waals surface area contributed by atoms with Crippen molar-refractivity contribution in [2.75, 3.05) is 6.61 Å². The van der Waals surface area contributed by atoms with Crippen LogP contribution in [0.15, 0.2) is 30.5 Å². The van der Waals surface area contributed by atoms with Crippen LogP contribution in [0, 0.1) is 0 Å². The standard InChI is InChI=1S/C22H30N2O9/c1-22(2,3)33-21(30)24-14(8-11-9-23-13-7-5-4-6-12(11)13)19(28)31-10-15-16(25)17(26)18(27)20(29)32-15/h4-7,9,14-18,20,23,25-27,29H,8,10H2,1-3H3,(H,24,30)/t14-,15-,16-,17-,18+,20-/m1/s1. The lowest BCUT2D eigenvalue weighted by Gasteiger charge is -2.38. The van der Waals surface area contributed by atoms with Crippen LogP contribution in [-0.4, -0.2) is 86.4 Å². The molecule has 1 saturated heterocycles. The molecule has 1 aliphatic heterocycles. The van der Waals surface area contributed by atoms with Gasteiger partial charge in [-0.25, -0.2) is 9.59 Å². The molecule has 33 heavy (non-hydrogen) atoms. The van der Waals surface area contributed by atoms with Gasteiger partial charge in [0.2, 0.25) is 0 Å². The number of benzene rings is 1. The molecule has 11 heteroatoms. The number of alkyl carbamates (subject to hydrolysis) is 1. The highest BCUT2D eigenvalue weighted by Gasteiger charge is 2.43. The second kappa shape index (κ2) is 10.1. The molecule has 0 saturated carbocycles. The lowest BCUT2D eigenvalue weighted by Crippen LogP contribution is -2.59. The number of esters is 1. The highest BCUT2D eigenvalue weighted by molar-refractivity contribution is 5.86. The van der Waals surface area contributed by atoms with E-state index in [1.807, 2.05) is 24.3 Å². The number of aliphatic hydroxyl groups is 4. The molecule has 0 bridgehead atoms. The van der Waals surface area contributed by atoms with Gasteiger partial charge in [0, 0.05) is 23.5 Å². The van der Waals surface area contributed by atoms with Crippen LogP contribution in [0.1, 0.15) is 26.3 Å². The Hall–Kier alpha value is -2.70. The molecule has 1 fully saturated rings. The van der Waals surface area contributed by atoms with Crippen molar-refractivity contribution in [3.05, 3.63) is 36.0 Å². The normalized spacial score (nSPS) is 26.6. The average molecular weight is 466 g/mol. The minimum Gasteiger partial charge on any atom is -0.461 e. The first kappa shape index (κ1) is 24.9. The van der Waals surface area contributed by atoms with E-state index in [1.165, 1.54) is 0 Å². The Balaban J connectivity index is 1.72. The lowest BCUT2D eigenvalue weighted by atomic mass is 9.99. The second-order valence-corrected chi connectivity index (χ2v) is 8.93. The van der Waals surface area contributed by atoms with Crippen molar-refractivity contribution in [3.8, 4) is 0 Å². The highest BCUT2D eigenvalue weighted by Crippen LogP contribution is 2.22. The fraction of sp³-hybridized carbons (Fsp3) is 0.545. The van der Waals surface area contributed by atoms with E-state index in [4.69, 9.17) is 14.2 Å². The van der Waals surface area contributed by atoms with E-state index in [0.29, 0.717) is 0 Å². The maximum Gasteiger partial charge on any atom is 0.408 e. The molecule has 3 rings (SSSR count). The van der Waals surface area contributed by atoms with Gasteiger partial charge in [0.15, 0.2) is 6.29 Å². The van der Waals surface area contributed by atoms with Gasteiger partial charge in [-0.05, 0) is 32.4 Å². The van der Waals surface area contributed by atoms with Gasteiger partial charge in [-0.3, -0.25) is 0 Å². The van der Waals surface area contributed by atoms with Gasteiger partial charge in [-0.2, -0.15) is 0 Å². The predicted molar refractivity (Wildman–Crippen MR) is 115 cm³/mol. The van der Waals surface area contributed by atoms with Crippen LogP contribution in [0.4, 0.5) is 4.79 Å². The smallest absolute Gasteiger partial charge is 0.408 e. The predicted octanol–water partition coefficient (Wildman–Crippen LogP) is -0.0532. The number of amides is 1. The summed E-state index contributed by atoms with van der Waals surface area (Å²) in [6.07, 6.45) is -7.01. The number of fused-ring (bicyclic) bond motifs is 1. The topological polar surface area (TPSA) is 171 Å². The molecule has 6 atom stereocenters. The molecular formula is C22H30N2O9. The van der Waals surface area contributed by atoms with Crippen LogP contribution in [0.25, 0.3) is 10.9 Å². The molecule has 0 spiro atoms. The van der Waals surface area contributed by atoms with Crippen molar-refractivity contribution in [1.29, 1.82) is 0 Å². The molecular weight excluding hydrogens is 436 g/mol. The number of ether oxygens (including phenoxy) is 3. The first-order chi connectivity index (χ1) is 15.5. The molecule has 2 heterocycles. The Morgan fingerprint density at radius 1 is 1.12 bits per heavy atom. The number of aliphatic hydroxyl groups excluding tert-OH is 4. The van der Waals surface area contributed by atoms with Crippen molar-refractivity contribution in [1.82, 2.24) is 10.3 Å². The molecule has 1 aromatic carbocycles. The zero-order valence-electron chi connectivity index (χ0n) is 18.6. The second-order valence-electron chi connectivity index (χ2n) is 8.93. The first-order valence-electron chi connectivity index (χ1n) is 10.5. The minimum atomic E-state index is -1.76. The molecule has 1 aliphatic rings. The van der Waals surface area contributed by atoms with Crippen molar-refractivity contribution >= 4 is 23.0 Å². The number of carbonyl (C=O) groups excluding carboxylic acids is 2. The van der Waals surface area contributed by atoms with Gasteiger partial charge in [-0.1, -0.05) is 18.2 Å². The summed E-state index contributed by atoms with van der Waals surface area (Å²) in [5.41, 5.74) is 0.829. The van der Waals surface area contributed by atoms with Crippen LogP contribution in [0.2, 0.25) is 0 Å². The van der Waals surface area contributed by atoms with Crippen LogP contribution >= 0.6 is 0 Å². The monoisotopic (exact) mass is 466 g/mol. The lowest BCUT2D eigenvalue weighted by molar-refractivity contribution is -0.287. The average Bonchev–Trinajstić information content (AvgIpc) is 3.14. The molecule has 6 N–H and O–H groups in total. The Kier molecular flexibility index (Phi) is 7.60. The minimum absolute atomic E-state index is 0.0835. The quantitative estimate of drug-likeness (QED) is 0.319. The van der Waals surface area contributed by atoms with E-state index in [9.17, 15) is 30.0 Å². The fourth-order valence-corrected chi connectivity index (χ4v) is 3.50. The third-order valence-corrected chi connectivity index (χ3v) is 5.15. The summed E-state index contributed by atoms with van der Waals surface area (Å²) in [7, 11) is 0. The summed E-state index contributed by atoms with van der Waals surface area (Å²) < 4.78 is 15.5. The van der Waals surface area contributed by atoms with E-state index in [-0.39, 0.29) is 6.42 Å². The number of rotatable bonds is 6. The maximum atomic E-state index is 12.9. The zero-order valence-corrected chi connectivity index (χ0v) is 18.6. The maximum absolute atomic E-state index is 12.9. The van der Waals surface area contributed by atoms with E-state index < -0.39 is 61.0 Å². The molecule has 0 unspecified atom stereocenters. The number of hydrogen-bond acceptors (Lipinski definition) is 9. The van der Waals surface area contributed by atoms with Crippen LogP contribution in [-0.2, 0) is 25.4 Å². The number of aromatic amines is 1. The number of aromatic nitrogens is 1. The number of carbonyl (C=O) groups is 2. The Labute approximate surface area is 190 Å².